The molecule has 0 unspecified atom stereocenters. The van der Waals surface area contributed by atoms with Crippen molar-refractivity contribution in [2.75, 3.05) is 20.3 Å². The minimum Gasteiger partial charge on any atom is -0.442 e. The van der Waals surface area contributed by atoms with Crippen LogP contribution in [-0.2, 0) is 11.3 Å². The van der Waals surface area contributed by atoms with E-state index in [1.54, 1.807) is 18.4 Å². The minimum atomic E-state index is 0.642. The number of hydrogen-bond acceptors (Lipinski definition) is 5. The first kappa shape index (κ1) is 12.6. The third-order valence-corrected chi connectivity index (χ3v) is 3.58. The van der Waals surface area contributed by atoms with Crippen LogP contribution in [0.3, 0.4) is 0 Å². The fourth-order valence-electron chi connectivity index (χ4n) is 1.42. The summed E-state index contributed by atoms with van der Waals surface area (Å²) < 4.78 is 10.3. The van der Waals surface area contributed by atoms with Gasteiger partial charge in [-0.3, -0.25) is 0 Å². The second-order valence-electron chi connectivity index (χ2n) is 3.40. The lowest BCUT2D eigenvalue weighted by Gasteiger charge is -2.02. The molecule has 0 saturated heterocycles. The van der Waals surface area contributed by atoms with Gasteiger partial charge >= 0.3 is 0 Å². The average Bonchev–Trinajstić information content (AvgIpc) is 2.93. The number of rotatable bonds is 6. The Bertz CT molecular complexity index is 469. The Labute approximate surface area is 109 Å². The maximum absolute atomic E-state index is 6.07. The van der Waals surface area contributed by atoms with Gasteiger partial charge in [0.25, 0.3) is 0 Å². The van der Waals surface area contributed by atoms with Crippen molar-refractivity contribution in [1.29, 1.82) is 0 Å². The van der Waals surface area contributed by atoms with E-state index < -0.39 is 0 Å². The highest BCUT2D eigenvalue weighted by atomic mass is 35.5. The monoisotopic (exact) mass is 272 g/mol. The molecule has 0 aliphatic carbocycles. The van der Waals surface area contributed by atoms with Crippen LogP contribution < -0.4 is 5.32 Å². The Kier molecular flexibility index (Phi) is 4.56. The molecule has 2 aromatic rings. The zero-order chi connectivity index (χ0) is 12.1. The fraction of sp³-hybridized carbons (Fsp3) is 0.364. The Morgan fingerprint density at radius 3 is 3.18 bits per heavy atom. The topological polar surface area (TPSA) is 47.3 Å². The smallest absolute Gasteiger partial charge is 0.181 e. The lowest BCUT2D eigenvalue weighted by Crippen LogP contribution is -2.19. The van der Waals surface area contributed by atoms with Crippen molar-refractivity contribution >= 4 is 22.9 Å². The number of ether oxygens (including phenoxy) is 1. The van der Waals surface area contributed by atoms with Crippen molar-refractivity contribution in [3.05, 3.63) is 28.6 Å². The lowest BCUT2D eigenvalue weighted by atomic mass is 10.3. The maximum Gasteiger partial charge on any atom is 0.181 e. The van der Waals surface area contributed by atoms with Crippen LogP contribution in [-0.4, -0.2) is 25.2 Å². The molecule has 2 rings (SSSR count). The molecule has 92 valence electrons. The largest absolute Gasteiger partial charge is 0.442 e. The minimum absolute atomic E-state index is 0.642. The summed E-state index contributed by atoms with van der Waals surface area (Å²) in [5, 5.41) is 5.86. The number of thiophene rings is 1. The molecule has 0 radical (unpaired) electrons. The standard InChI is InChI=1S/C11H13ClN2O2S/c1-15-4-3-13-6-9-10(16-7-14-9)11-8(12)2-5-17-11/h2,5,7,13H,3-4,6H2,1H3. The van der Waals surface area contributed by atoms with E-state index in [-0.39, 0.29) is 0 Å². The van der Waals surface area contributed by atoms with Crippen LogP contribution in [0.25, 0.3) is 10.6 Å². The summed E-state index contributed by atoms with van der Waals surface area (Å²) >= 11 is 7.62. The van der Waals surface area contributed by atoms with Gasteiger partial charge in [0, 0.05) is 20.2 Å². The second kappa shape index (κ2) is 6.16. The fourth-order valence-corrected chi connectivity index (χ4v) is 2.57. The van der Waals surface area contributed by atoms with E-state index in [2.05, 4.69) is 10.3 Å². The van der Waals surface area contributed by atoms with Gasteiger partial charge < -0.3 is 14.5 Å². The molecule has 0 atom stereocenters. The van der Waals surface area contributed by atoms with Crippen LogP contribution in [0.2, 0.25) is 5.02 Å². The highest BCUT2D eigenvalue weighted by molar-refractivity contribution is 7.14. The quantitative estimate of drug-likeness (QED) is 0.822. The Morgan fingerprint density at radius 1 is 1.59 bits per heavy atom. The summed E-state index contributed by atoms with van der Waals surface area (Å²) in [6.45, 7) is 2.09. The zero-order valence-corrected chi connectivity index (χ0v) is 11.0. The molecule has 0 amide bonds. The Hall–Kier alpha value is -0.880. The van der Waals surface area contributed by atoms with Crippen molar-refractivity contribution < 1.29 is 9.15 Å². The normalized spacial score (nSPS) is 10.9. The van der Waals surface area contributed by atoms with Gasteiger partial charge in [-0.2, -0.15) is 0 Å². The molecular formula is C11H13ClN2O2S. The van der Waals surface area contributed by atoms with Crippen molar-refractivity contribution in [1.82, 2.24) is 10.3 Å². The van der Waals surface area contributed by atoms with E-state index in [0.29, 0.717) is 18.2 Å². The molecule has 1 N–H and O–H groups in total. The zero-order valence-electron chi connectivity index (χ0n) is 9.40. The number of aromatic nitrogens is 1. The third-order valence-electron chi connectivity index (χ3n) is 2.24. The van der Waals surface area contributed by atoms with Gasteiger partial charge in [0.2, 0.25) is 0 Å². The maximum atomic E-state index is 6.07. The van der Waals surface area contributed by atoms with Gasteiger partial charge in [-0.05, 0) is 11.4 Å². The number of halogens is 1. The number of oxazole rings is 1. The van der Waals surface area contributed by atoms with Crippen molar-refractivity contribution in [2.24, 2.45) is 0 Å². The summed E-state index contributed by atoms with van der Waals surface area (Å²) in [5.41, 5.74) is 0.866. The lowest BCUT2D eigenvalue weighted by molar-refractivity contribution is 0.199. The first-order valence-corrected chi connectivity index (χ1v) is 6.44. The summed E-state index contributed by atoms with van der Waals surface area (Å²) in [4.78, 5) is 5.11. The Balaban J connectivity index is 2.05. The molecule has 0 aliphatic heterocycles. The molecule has 2 heterocycles. The predicted octanol–water partition coefficient (Wildman–Crippen LogP) is 2.79. The molecule has 0 spiro atoms. The van der Waals surface area contributed by atoms with Crippen LogP contribution >= 0.6 is 22.9 Å². The first-order chi connectivity index (χ1) is 8.33. The number of nitrogens with zero attached hydrogens (tertiary/aromatic N) is 1. The highest BCUT2D eigenvalue weighted by Gasteiger charge is 2.14. The molecule has 17 heavy (non-hydrogen) atoms. The van der Waals surface area contributed by atoms with Crippen LogP contribution in [0.1, 0.15) is 5.69 Å². The SMILES string of the molecule is COCCNCc1ncoc1-c1sccc1Cl. The van der Waals surface area contributed by atoms with Gasteiger partial charge in [-0.25, -0.2) is 4.98 Å². The highest BCUT2D eigenvalue weighted by Crippen LogP contribution is 2.34. The van der Waals surface area contributed by atoms with Crippen LogP contribution in [0.5, 0.6) is 0 Å². The average molecular weight is 273 g/mol. The van der Waals surface area contributed by atoms with E-state index in [9.17, 15) is 0 Å². The van der Waals surface area contributed by atoms with Crippen LogP contribution in [0.15, 0.2) is 22.3 Å². The van der Waals surface area contributed by atoms with E-state index in [1.165, 1.54) is 6.39 Å². The van der Waals surface area contributed by atoms with Gasteiger partial charge in [-0.1, -0.05) is 11.6 Å². The van der Waals surface area contributed by atoms with Gasteiger partial charge in [0.15, 0.2) is 12.2 Å². The third kappa shape index (κ3) is 3.07. The summed E-state index contributed by atoms with van der Waals surface area (Å²) in [6, 6.07) is 1.85. The summed E-state index contributed by atoms with van der Waals surface area (Å²) in [7, 11) is 1.68. The molecule has 0 saturated carbocycles. The first-order valence-electron chi connectivity index (χ1n) is 5.18. The summed E-state index contributed by atoms with van der Waals surface area (Å²) in [5.74, 6) is 0.745. The van der Waals surface area contributed by atoms with E-state index >= 15 is 0 Å². The Morgan fingerprint density at radius 2 is 2.47 bits per heavy atom. The second-order valence-corrected chi connectivity index (χ2v) is 4.72. The van der Waals surface area contributed by atoms with Gasteiger partial charge in [0.05, 0.1) is 16.5 Å². The van der Waals surface area contributed by atoms with E-state index in [4.69, 9.17) is 20.8 Å². The predicted molar refractivity (Wildman–Crippen MR) is 68.4 cm³/mol. The molecule has 4 nitrogen and oxygen atoms in total. The summed E-state index contributed by atoms with van der Waals surface area (Å²) in [6.07, 6.45) is 1.44. The molecule has 2 aromatic heterocycles. The molecule has 6 heteroatoms. The van der Waals surface area contributed by atoms with Crippen molar-refractivity contribution in [2.45, 2.75) is 6.54 Å². The van der Waals surface area contributed by atoms with Crippen molar-refractivity contribution in [3.63, 3.8) is 0 Å². The van der Waals surface area contributed by atoms with Gasteiger partial charge in [-0.15, -0.1) is 11.3 Å². The van der Waals surface area contributed by atoms with Gasteiger partial charge in [0.1, 0.15) is 5.69 Å². The molecular weight excluding hydrogens is 260 g/mol. The number of methoxy groups -OCH3 is 1. The molecule has 0 aromatic carbocycles. The molecule has 0 bridgehead atoms. The molecule has 0 fully saturated rings. The van der Waals surface area contributed by atoms with E-state index in [1.807, 2.05) is 11.4 Å². The van der Waals surface area contributed by atoms with Crippen molar-refractivity contribution in [3.8, 4) is 10.6 Å². The van der Waals surface area contributed by atoms with Crippen LogP contribution in [0.4, 0.5) is 0 Å². The molecule has 0 aliphatic rings. The van der Waals surface area contributed by atoms with Crippen LogP contribution in [0, 0.1) is 0 Å². The number of hydrogen-bond donors (Lipinski definition) is 1. The van der Waals surface area contributed by atoms with E-state index in [0.717, 1.165) is 22.9 Å². The number of nitrogens with one attached hydrogen (secondary N) is 1.